The lowest BCUT2D eigenvalue weighted by atomic mass is 9.98. The number of likely N-dealkylation sites (tertiary alicyclic amines) is 1. The highest BCUT2D eigenvalue weighted by Crippen LogP contribution is 2.27. The zero-order valence-corrected chi connectivity index (χ0v) is 35.0. The second-order valence-corrected chi connectivity index (χ2v) is 15.1. The normalized spacial score (nSPS) is 16.3. The van der Waals surface area contributed by atoms with E-state index in [0.717, 1.165) is 17.7 Å². The third-order valence-electron chi connectivity index (χ3n) is 10.4. The molecular weight excluding hydrogens is 812 g/mol. The van der Waals surface area contributed by atoms with Crippen LogP contribution in [0.2, 0.25) is 0 Å². The molecule has 0 aromatic heterocycles. The number of benzene rings is 2. The number of hydrogen-bond acceptors (Lipinski definition) is 13. The number of nitrogens with two attached hydrogens (primary N) is 2. The van der Waals surface area contributed by atoms with E-state index in [9.17, 15) is 53.6 Å². The van der Waals surface area contributed by atoms with Gasteiger partial charge in [-0.05, 0) is 62.3 Å². The zero-order chi connectivity index (χ0) is 46.3. The fourth-order valence-corrected chi connectivity index (χ4v) is 6.63. The van der Waals surface area contributed by atoms with Gasteiger partial charge in [-0.25, -0.2) is 0 Å². The topological polar surface area (TPSA) is 348 Å². The number of phenolic OH excluding ortho intramolecular Hbond substituents is 1. The molecule has 1 fully saturated rings. The van der Waals surface area contributed by atoms with Crippen molar-refractivity contribution in [3.8, 4) is 5.75 Å². The molecule has 7 amide bonds. The van der Waals surface area contributed by atoms with Gasteiger partial charge in [0, 0.05) is 37.7 Å². The van der Waals surface area contributed by atoms with Crippen molar-refractivity contribution in [2.45, 2.75) is 109 Å². The lowest BCUT2D eigenvalue weighted by Gasteiger charge is -2.29. The van der Waals surface area contributed by atoms with E-state index in [0.29, 0.717) is 25.1 Å². The van der Waals surface area contributed by atoms with Gasteiger partial charge in [-0.1, -0.05) is 44.5 Å². The first-order chi connectivity index (χ1) is 29.2. The molecule has 1 aliphatic heterocycles. The zero-order valence-electron chi connectivity index (χ0n) is 35.0. The van der Waals surface area contributed by atoms with Crippen LogP contribution in [0.15, 0.2) is 42.5 Å². The Morgan fingerprint density at radius 2 is 1.58 bits per heavy atom. The average molecular weight is 869 g/mol. The van der Waals surface area contributed by atoms with Gasteiger partial charge in [-0.3, -0.25) is 48.5 Å². The minimum Gasteiger partial charge on any atom is -0.502 e. The van der Waals surface area contributed by atoms with Crippen LogP contribution >= 0.6 is 0 Å². The van der Waals surface area contributed by atoms with Crippen LogP contribution < -0.4 is 43.4 Å². The van der Waals surface area contributed by atoms with Gasteiger partial charge in [0.1, 0.15) is 36.3 Å². The van der Waals surface area contributed by atoms with E-state index in [1.807, 2.05) is 19.1 Å². The fourth-order valence-electron chi connectivity index (χ4n) is 6.63. The number of nitrogen functional groups attached to an aromatic ring is 1. The number of phenols is 1. The van der Waals surface area contributed by atoms with Crippen molar-refractivity contribution in [2.75, 3.05) is 18.8 Å². The number of nitro groups is 1. The highest BCUT2D eigenvalue weighted by molar-refractivity contribution is 5.97. The molecule has 0 aliphatic carbocycles. The van der Waals surface area contributed by atoms with Crippen molar-refractivity contribution >= 4 is 58.7 Å². The summed E-state index contributed by atoms with van der Waals surface area (Å²) in [5.74, 6) is -7.58. The van der Waals surface area contributed by atoms with Crippen LogP contribution in [0, 0.1) is 16.0 Å². The number of carboxylic acids is 1. The van der Waals surface area contributed by atoms with Gasteiger partial charge in [-0.15, -0.1) is 0 Å². The third kappa shape index (κ3) is 14.4. The number of nitro benzene ring substituents is 1. The van der Waals surface area contributed by atoms with Crippen LogP contribution in [-0.4, -0.2) is 117 Å². The molecule has 22 heteroatoms. The highest BCUT2D eigenvalue weighted by atomic mass is 16.6. The van der Waals surface area contributed by atoms with Gasteiger partial charge < -0.3 is 58.5 Å². The molecule has 1 heterocycles. The molecule has 338 valence electrons. The number of amides is 7. The number of para-hydroxylation sites is 1. The Morgan fingerprint density at radius 1 is 0.903 bits per heavy atom. The van der Waals surface area contributed by atoms with Crippen molar-refractivity contribution in [1.29, 1.82) is 0 Å². The number of nitrogens with one attached hydrogen (secondary N) is 6. The number of anilines is 1. The second-order valence-electron chi connectivity index (χ2n) is 15.1. The number of primary amides is 1. The Labute approximate surface area is 357 Å². The second kappa shape index (κ2) is 23.2. The maximum absolute atomic E-state index is 13.8. The van der Waals surface area contributed by atoms with Gasteiger partial charge in [0.15, 0.2) is 5.75 Å². The maximum atomic E-state index is 13.8. The summed E-state index contributed by atoms with van der Waals surface area (Å²) in [7, 11) is 0. The Kier molecular flexibility index (Phi) is 18.6. The molecule has 0 saturated carbocycles. The van der Waals surface area contributed by atoms with E-state index in [4.69, 9.17) is 16.6 Å². The summed E-state index contributed by atoms with van der Waals surface area (Å²) in [5, 5.41) is 46.1. The first-order valence-electron chi connectivity index (χ1n) is 20.1. The third-order valence-corrected chi connectivity index (χ3v) is 10.4. The first-order valence-corrected chi connectivity index (χ1v) is 20.1. The SMILES string of the molecule is CC[C@H](C)[C@H](NC(=O)CNCc1ccccc1N)C(=O)N[C@@H](C)C(=O)N[C@@H](C)C(=O)N1CCC[C@H]1C(=O)N[C@@H](Cc1ccc(O)c([N+](=O)[O-])c1)C(=O)N[C@@H](CCC(=O)O)C(N)=O. The van der Waals surface area contributed by atoms with E-state index < -0.39 is 113 Å². The summed E-state index contributed by atoms with van der Waals surface area (Å²) < 4.78 is 0. The standard InChI is InChI=1S/C40H56N10O12/c1-5-21(2)34(48-32(52)20-43-19-25-9-6-7-10-26(25)41)39(59)44-22(3)36(56)45-23(4)40(60)49-16-8-11-29(49)38(58)47-28(17-24-12-14-31(51)30(18-24)50(61)62)37(57)46-27(35(42)55)13-15-33(53)54/h6-7,9-10,12,14,18,21-23,27-29,34,43,51H,5,8,11,13,15-17,19-20,41H2,1-4H3,(H2,42,55)(H,44,59)(H,45,56)(H,46,57)(H,47,58)(H,48,52)(H,53,54)/t21-,22-,23-,27-,28-,29-,34-/m0/s1. The van der Waals surface area contributed by atoms with E-state index >= 15 is 0 Å². The molecule has 0 bridgehead atoms. The maximum Gasteiger partial charge on any atom is 0.310 e. The number of nitrogens with zero attached hydrogens (tertiary/aromatic N) is 2. The minimum atomic E-state index is -1.54. The monoisotopic (exact) mass is 868 g/mol. The Morgan fingerprint density at radius 3 is 2.21 bits per heavy atom. The fraction of sp³-hybridized carbons (Fsp3) is 0.500. The molecule has 2 aromatic rings. The molecule has 22 nitrogen and oxygen atoms in total. The van der Waals surface area contributed by atoms with Crippen molar-refractivity contribution in [3.05, 3.63) is 63.7 Å². The average Bonchev–Trinajstić information content (AvgIpc) is 3.72. The first kappa shape index (κ1) is 49.5. The number of carbonyl (C=O) groups excluding carboxylic acids is 7. The Bertz CT molecular complexity index is 2000. The van der Waals surface area contributed by atoms with E-state index in [1.165, 1.54) is 24.8 Å². The Balaban J connectivity index is 1.67. The summed E-state index contributed by atoms with van der Waals surface area (Å²) in [6.45, 7) is 6.69. The van der Waals surface area contributed by atoms with Crippen LogP contribution in [0.4, 0.5) is 11.4 Å². The van der Waals surface area contributed by atoms with Crippen molar-refractivity contribution in [3.63, 3.8) is 0 Å². The van der Waals surface area contributed by atoms with Crippen LogP contribution in [0.3, 0.4) is 0 Å². The predicted molar refractivity (Wildman–Crippen MR) is 222 cm³/mol. The molecular formula is C40H56N10O12. The van der Waals surface area contributed by atoms with E-state index in [2.05, 4.69) is 31.9 Å². The number of hydrogen-bond donors (Lipinski definition) is 10. The van der Waals surface area contributed by atoms with E-state index in [-0.39, 0.29) is 37.4 Å². The van der Waals surface area contributed by atoms with Crippen molar-refractivity contribution in [1.82, 2.24) is 36.8 Å². The van der Waals surface area contributed by atoms with Gasteiger partial charge in [0.2, 0.25) is 41.4 Å². The lowest BCUT2D eigenvalue weighted by Crippen LogP contribution is -2.59. The molecule has 0 radical (unpaired) electrons. The summed E-state index contributed by atoms with van der Waals surface area (Å²) in [6, 6.07) is 2.95. The van der Waals surface area contributed by atoms with Crippen LogP contribution in [0.5, 0.6) is 5.75 Å². The Hall–Kier alpha value is -6.84. The quantitative estimate of drug-likeness (QED) is 0.0367. The summed E-state index contributed by atoms with van der Waals surface area (Å²) in [4.78, 5) is 115. The molecule has 0 unspecified atom stereocenters. The molecule has 3 rings (SSSR count). The molecule has 2 aromatic carbocycles. The lowest BCUT2D eigenvalue weighted by molar-refractivity contribution is -0.385. The van der Waals surface area contributed by atoms with Crippen molar-refractivity contribution < 1.29 is 53.5 Å². The van der Waals surface area contributed by atoms with Crippen molar-refractivity contribution in [2.24, 2.45) is 11.7 Å². The number of carbonyl (C=O) groups is 8. The van der Waals surface area contributed by atoms with Crippen LogP contribution in [0.25, 0.3) is 0 Å². The molecule has 1 aliphatic rings. The molecule has 0 spiro atoms. The van der Waals surface area contributed by atoms with Gasteiger partial charge in [-0.2, -0.15) is 0 Å². The number of aliphatic carboxylic acids is 1. The number of rotatable bonds is 23. The van der Waals surface area contributed by atoms with Crippen LogP contribution in [0.1, 0.15) is 70.9 Å². The summed E-state index contributed by atoms with van der Waals surface area (Å²) in [6.07, 6.45) is -0.288. The smallest absolute Gasteiger partial charge is 0.310 e. The minimum absolute atomic E-state index is 0.0905. The summed E-state index contributed by atoms with van der Waals surface area (Å²) >= 11 is 0. The molecule has 1 saturated heterocycles. The van der Waals surface area contributed by atoms with Crippen LogP contribution in [-0.2, 0) is 51.3 Å². The summed E-state index contributed by atoms with van der Waals surface area (Å²) in [5.41, 5.74) is 12.1. The van der Waals surface area contributed by atoms with Gasteiger partial charge in [0.25, 0.3) is 0 Å². The van der Waals surface area contributed by atoms with Gasteiger partial charge in [0.05, 0.1) is 11.5 Å². The largest absolute Gasteiger partial charge is 0.502 e. The molecule has 7 atom stereocenters. The molecule has 12 N–H and O–H groups in total. The van der Waals surface area contributed by atoms with Gasteiger partial charge >= 0.3 is 11.7 Å². The highest BCUT2D eigenvalue weighted by Gasteiger charge is 2.39. The number of carboxylic acid groups (broad SMARTS) is 1. The predicted octanol–water partition coefficient (Wildman–Crippen LogP) is -0.934. The number of aromatic hydroxyl groups is 1. The molecule has 62 heavy (non-hydrogen) atoms. The van der Waals surface area contributed by atoms with E-state index in [1.54, 1.807) is 19.1 Å².